The summed E-state index contributed by atoms with van der Waals surface area (Å²) in [6.07, 6.45) is -4.23. The molecular formula is C13H9F3O3. The van der Waals surface area contributed by atoms with Gasteiger partial charge in [-0.25, -0.2) is 0 Å². The van der Waals surface area contributed by atoms with Crippen molar-refractivity contribution < 1.29 is 27.1 Å². The Kier molecular flexibility index (Phi) is 3.33. The van der Waals surface area contributed by atoms with Crippen LogP contribution in [0.5, 0.6) is 5.75 Å². The number of carbonyl (C=O) groups is 1. The first-order valence-corrected chi connectivity index (χ1v) is 5.30. The van der Waals surface area contributed by atoms with Crippen molar-refractivity contribution in [2.45, 2.75) is 13.3 Å². The molecule has 6 heteroatoms. The van der Waals surface area contributed by atoms with Gasteiger partial charge in [0.15, 0.2) is 12.0 Å². The number of carbonyl (C=O) groups excluding carboxylic acids is 1. The SMILES string of the molecule is Cc1cc(OC(F)(F)F)cc(-c2ccc(C=O)o2)c1. The zero-order chi connectivity index (χ0) is 14.0. The zero-order valence-electron chi connectivity index (χ0n) is 9.82. The van der Waals surface area contributed by atoms with Gasteiger partial charge >= 0.3 is 6.36 Å². The average molecular weight is 270 g/mol. The van der Waals surface area contributed by atoms with Gasteiger partial charge in [-0.1, -0.05) is 0 Å². The molecule has 0 saturated carbocycles. The lowest BCUT2D eigenvalue weighted by atomic mass is 10.1. The summed E-state index contributed by atoms with van der Waals surface area (Å²) >= 11 is 0. The zero-order valence-corrected chi connectivity index (χ0v) is 9.82. The first kappa shape index (κ1) is 13.2. The predicted octanol–water partition coefficient (Wildman–Crippen LogP) is 3.97. The maximum Gasteiger partial charge on any atom is 0.573 e. The molecule has 100 valence electrons. The van der Waals surface area contributed by atoms with Crippen molar-refractivity contribution in [3.8, 4) is 17.1 Å². The highest BCUT2D eigenvalue weighted by Gasteiger charge is 2.31. The maximum atomic E-state index is 12.2. The van der Waals surface area contributed by atoms with Gasteiger partial charge in [0.2, 0.25) is 0 Å². The quantitative estimate of drug-likeness (QED) is 0.792. The van der Waals surface area contributed by atoms with Crippen LogP contribution in [0, 0.1) is 6.92 Å². The van der Waals surface area contributed by atoms with E-state index in [1.807, 2.05) is 0 Å². The predicted molar refractivity (Wildman–Crippen MR) is 61.0 cm³/mol. The number of hydrogen-bond acceptors (Lipinski definition) is 3. The van der Waals surface area contributed by atoms with Crippen LogP contribution in [0.1, 0.15) is 16.1 Å². The molecule has 1 aromatic carbocycles. The van der Waals surface area contributed by atoms with Gasteiger partial charge in [-0.3, -0.25) is 4.79 Å². The highest BCUT2D eigenvalue weighted by Crippen LogP contribution is 2.30. The summed E-state index contributed by atoms with van der Waals surface area (Å²) in [5, 5.41) is 0. The molecule has 0 aliphatic rings. The monoisotopic (exact) mass is 270 g/mol. The number of furan rings is 1. The molecule has 2 rings (SSSR count). The maximum absolute atomic E-state index is 12.2. The van der Waals surface area contributed by atoms with Crippen molar-refractivity contribution >= 4 is 6.29 Å². The van der Waals surface area contributed by atoms with Crippen LogP contribution in [-0.2, 0) is 0 Å². The van der Waals surface area contributed by atoms with Crippen LogP contribution < -0.4 is 4.74 Å². The standard InChI is InChI=1S/C13H9F3O3/c1-8-4-9(12-3-2-10(7-17)18-12)6-11(5-8)19-13(14,15)16/h2-7H,1H3. The molecule has 0 spiro atoms. The van der Waals surface area contributed by atoms with Crippen LogP contribution in [0.15, 0.2) is 34.7 Å². The molecule has 2 aromatic rings. The van der Waals surface area contributed by atoms with Gasteiger partial charge in [-0.15, -0.1) is 13.2 Å². The Morgan fingerprint density at radius 2 is 1.95 bits per heavy atom. The number of ether oxygens (including phenoxy) is 1. The molecule has 19 heavy (non-hydrogen) atoms. The van der Waals surface area contributed by atoms with E-state index in [1.54, 1.807) is 13.0 Å². The fourth-order valence-electron chi connectivity index (χ4n) is 1.65. The Morgan fingerprint density at radius 1 is 1.21 bits per heavy atom. The summed E-state index contributed by atoms with van der Waals surface area (Å²) in [7, 11) is 0. The number of benzene rings is 1. The summed E-state index contributed by atoms with van der Waals surface area (Å²) < 4.78 is 45.5. The molecule has 0 unspecified atom stereocenters. The van der Waals surface area contributed by atoms with E-state index in [9.17, 15) is 18.0 Å². The molecule has 0 fully saturated rings. The molecular weight excluding hydrogens is 261 g/mol. The molecule has 0 atom stereocenters. The number of hydrogen-bond donors (Lipinski definition) is 0. The van der Waals surface area contributed by atoms with Crippen molar-refractivity contribution in [2.24, 2.45) is 0 Å². The molecule has 0 bridgehead atoms. The van der Waals surface area contributed by atoms with Crippen molar-refractivity contribution in [1.29, 1.82) is 0 Å². The van der Waals surface area contributed by atoms with Gasteiger partial charge in [0.05, 0.1) is 0 Å². The van der Waals surface area contributed by atoms with E-state index >= 15 is 0 Å². The second-order valence-corrected chi connectivity index (χ2v) is 3.90. The normalized spacial score (nSPS) is 11.4. The number of aldehydes is 1. The van der Waals surface area contributed by atoms with E-state index in [0.29, 0.717) is 23.2 Å². The van der Waals surface area contributed by atoms with E-state index in [0.717, 1.165) is 0 Å². The first-order chi connectivity index (χ1) is 8.87. The fraction of sp³-hybridized carbons (Fsp3) is 0.154. The van der Waals surface area contributed by atoms with Crippen LogP contribution >= 0.6 is 0 Å². The molecule has 1 heterocycles. The van der Waals surface area contributed by atoms with Gasteiger partial charge < -0.3 is 9.15 Å². The Hall–Kier alpha value is -2.24. The summed E-state index contributed by atoms with van der Waals surface area (Å²) in [5.74, 6) is 0.0826. The molecule has 0 aliphatic carbocycles. The molecule has 1 aromatic heterocycles. The minimum atomic E-state index is -4.75. The van der Waals surface area contributed by atoms with E-state index in [1.165, 1.54) is 24.3 Å². The molecule has 3 nitrogen and oxygen atoms in total. The lowest BCUT2D eigenvalue weighted by Gasteiger charge is -2.10. The molecule has 0 aliphatic heterocycles. The van der Waals surface area contributed by atoms with E-state index < -0.39 is 6.36 Å². The Balaban J connectivity index is 2.38. The first-order valence-electron chi connectivity index (χ1n) is 5.30. The van der Waals surface area contributed by atoms with Crippen LogP contribution in [-0.4, -0.2) is 12.6 Å². The van der Waals surface area contributed by atoms with Gasteiger partial charge in [0.25, 0.3) is 0 Å². The van der Waals surface area contributed by atoms with Crippen LogP contribution in [0.25, 0.3) is 11.3 Å². The second-order valence-electron chi connectivity index (χ2n) is 3.90. The summed E-state index contributed by atoms with van der Waals surface area (Å²) in [4.78, 5) is 10.5. The number of alkyl halides is 3. The third kappa shape index (κ3) is 3.37. The highest BCUT2D eigenvalue weighted by molar-refractivity contribution is 5.73. The van der Waals surface area contributed by atoms with Gasteiger partial charge in [-0.05, 0) is 42.8 Å². The number of halogens is 3. The molecule has 0 N–H and O–H groups in total. The molecule has 0 amide bonds. The Morgan fingerprint density at radius 3 is 2.53 bits per heavy atom. The average Bonchev–Trinajstić information content (AvgIpc) is 2.74. The van der Waals surface area contributed by atoms with Crippen molar-refractivity contribution in [2.75, 3.05) is 0 Å². The van der Waals surface area contributed by atoms with Gasteiger partial charge in [0.1, 0.15) is 11.5 Å². The minimum absolute atomic E-state index is 0.106. The lowest BCUT2D eigenvalue weighted by molar-refractivity contribution is -0.274. The van der Waals surface area contributed by atoms with Crippen molar-refractivity contribution in [3.63, 3.8) is 0 Å². The Bertz CT molecular complexity index is 599. The van der Waals surface area contributed by atoms with Gasteiger partial charge in [-0.2, -0.15) is 0 Å². The summed E-state index contributed by atoms with van der Waals surface area (Å²) in [6.45, 7) is 1.64. The lowest BCUT2D eigenvalue weighted by Crippen LogP contribution is -2.17. The number of rotatable bonds is 3. The third-order valence-corrected chi connectivity index (χ3v) is 2.31. The van der Waals surface area contributed by atoms with E-state index in [4.69, 9.17) is 4.42 Å². The topological polar surface area (TPSA) is 39.4 Å². The largest absolute Gasteiger partial charge is 0.573 e. The van der Waals surface area contributed by atoms with Crippen LogP contribution in [0.3, 0.4) is 0 Å². The smallest absolute Gasteiger partial charge is 0.453 e. The van der Waals surface area contributed by atoms with Crippen molar-refractivity contribution in [3.05, 3.63) is 41.7 Å². The number of aryl methyl sites for hydroxylation is 1. The summed E-state index contributed by atoms with van der Waals surface area (Å²) in [6, 6.07) is 7.05. The second kappa shape index (κ2) is 4.79. The van der Waals surface area contributed by atoms with E-state index in [2.05, 4.69) is 4.74 Å². The van der Waals surface area contributed by atoms with Crippen molar-refractivity contribution in [1.82, 2.24) is 0 Å². The Labute approximate surface area is 106 Å². The minimum Gasteiger partial charge on any atom is -0.453 e. The van der Waals surface area contributed by atoms with Crippen LogP contribution in [0.4, 0.5) is 13.2 Å². The summed E-state index contributed by atoms with van der Waals surface area (Å²) in [5.41, 5.74) is 0.994. The highest BCUT2D eigenvalue weighted by atomic mass is 19.4. The molecule has 0 saturated heterocycles. The van der Waals surface area contributed by atoms with Gasteiger partial charge in [0, 0.05) is 5.56 Å². The fourth-order valence-corrected chi connectivity index (χ4v) is 1.65. The van der Waals surface area contributed by atoms with E-state index in [-0.39, 0.29) is 11.5 Å². The van der Waals surface area contributed by atoms with Crippen LogP contribution in [0.2, 0.25) is 0 Å². The third-order valence-electron chi connectivity index (χ3n) is 2.31. The molecule has 0 radical (unpaired) electrons.